The molecule has 4 aromatic carbocycles. The maximum atomic E-state index is 2.18. The van der Waals surface area contributed by atoms with Gasteiger partial charge in [0.1, 0.15) is 0 Å². The van der Waals surface area contributed by atoms with Gasteiger partial charge in [-0.3, -0.25) is 0 Å². The summed E-state index contributed by atoms with van der Waals surface area (Å²) >= 11 is 0. The van der Waals surface area contributed by atoms with E-state index in [1.807, 2.05) is 24.3 Å². The van der Waals surface area contributed by atoms with Gasteiger partial charge in [-0.2, -0.15) is 0 Å². The van der Waals surface area contributed by atoms with Crippen molar-refractivity contribution in [3.05, 3.63) is 168 Å². The van der Waals surface area contributed by atoms with Gasteiger partial charge in [0.2, 0.25) is 0 Å². The van der Waals surface area contributed by atoms with Gasteiger partial charge in [-0.25, -0.2) is 0 Å². The summed E-state index contributed by atoms with van der Waals surface area (Å²) in [6.07, 6.45) is 19.2. The van der Waals surface area contributed by atoms with Gasteiger partial charge in [0.15, 0.2) is 0 Å². The Morgan fingerprint density at radius 2 is 0.500 bits per heavy atom. The highest BCUT2D eigenvalue weighted by atomic mass is 13.9. The van der Waals surface area contributed by atoms with E-state index in [4.69, 9.17) is 0 Å². The summed E-state index contributed by atoms with van der Waals surface area (Å²) in [6, 6.07) is 41.4. The molecule has 0 spiro atoms. The molecule has 0 heteroatoms. The van der Waals surface area contributed by atoms with Crippen LogP contribution in [0.5, 0.6) is 0 Å². The summed E-state index contributed by atoms with van der Waals surface area (Å²) in [5, 5.41) is 0. The van der Waals surface area contributed by atoms with Gasteiger partial charge in [-0.05, 0) is 35.1 Å². The molecule has 0 saturated heterocycles. The second kappa shape index (κ2) is 15.6. The second-order valence-electron chi connectivity index (χ2n) is 7.72. The topological polar surface area (TPSA) is 0 Å². The van der Waals surface area contributed by atoms with E-state index in [1.165, 1.54) is 22.3 Å². The van der Waals surface area contributed by atoms with E-state index in [-0.39, 0.29) is 0 Å². The first-order valence-corrected chi connectivity index (χ1v) is 11.8. The number of hydrogen-bond donors (Lipinski definition) is 0. The summed E-state index contributed by atoms with van der Waals surface area (Å²) < 4.78 is 0. The Kier molecular flexibility index (Phi) is 11.2. The monoisotopic (exact) mass is 440 g/mol. The van der Waals surface area contributed by atoms with Crippen molar-refractivity contribution in [2.45, 2.75) is 12.8 Å². The molecule has 0 aliphatic heterocycles. The van der Waals surface area contributed by atoms with Crippen LogP contribution in [-0.4, -0.2) is 0 Å². The lowest BCUT2D eigenvalue weighted by atomic mass is 10.2. The molecule has 0 radical (unpaired) electrons. The van der Waals surface area contributed by atoms with Gasteiger partial charge in [0.25, 0.3) is 0 Å². The van der Waals surface area contributed by atoms with Gasteiger partial charge in [-0.1, -0.05) is 170 Å². The van der Waals surface area contributed by atoms with Gasteiger partial charge in [0.05, 0.1) is 0 Å². The molecule has 0 unspecified atom stereocenters. The highest BCUT2D eigenvalue weighted by Crippen LogP contribution is 2.06. The minimum absolute atomic E-state index is 0.962. The molecule has 0 atom stereocenters. The van der Waals surface area contributed by atoms with E-state index in [9.17, 15) is 0 Å². The number of allylic oxidation sites excluding steroid dienone is 4. The molecule has 0 heterocycles. The van der Waals surface area contributed by atoms with Crippen LogP contribution in [0.4, 0.5) is 0 Å². The van der Waals surface area contributed by atoms with Gasteiger partial charge >= 0.3 is 0 Å². The minimum atomic E-state index is 0.962. The molecule has 168 valence electrons. The van der Waals surface area contributed by atoms with E-state index in [0.29, 0.717) is 0 Å². The molecular formula is C34H32. The third-order valence-corrected chi connectivity index (χ3v) is 4.98. The Morgan fingerprint density at radius 3 is 0.706 bits per heavy atom. The van der Waals surface area contributed by atoms with Crippen molar-refractivity contribution in [2.24, 2.45) is 0 Å². The molecule has 34 heavy (non-hydrogen) atoms. The maximum Gasteiger partial charge on any atom is -0.0163 e. The first-order valence-electron chi connectivity index (χ1n) is 11.8. The van der Waals surface area contributed by atoms with Crippen LogP contribution in [0.3, 0.4) is 0 Å². The fraction of sp³-hybridized carbons (Fsp3) is 0.0588. The lowest BCUT2D eigenvalue weighted by Crippen LogP contribution is -1.69. The molecule has 0 aromatic heterocycles. The maximum absolute atomic E-state index is 2.18. The summed E-state index contributed by atoms with van der Waals surface area (Å²) in [7, 11) is 0. The summed E-state index contributed by atoms with van der Waals surface area (Å²) in [5.74, 6) is 0. The molecule has 4 rings (SSSR count). The zero-order chi connectivity index (χ0) is 23.5. The minimum Gasteiger partial charge on any atom is -0.0801 e. The van der Waals surface area contributed by atoms with Crippen LogP contribution in [0.1, 0.15) is 35.1 Å². The molecule has 0 saturated carbocycles. The van der Waals surface area contributed by atoms with Crippen molar-refractivity contribution in [3.63, 3.8) is 0 Å². The van der Waals surface area contributed by atoms with E-state index < -0.39 is 0 Å². The SMILES string of the molecule is C(=Cc1ccccc1)C/C=C/c1ccccc1.C(=Cc1ccccc1)C/C=C/c1ccccc1. The first-order chi connectivity index (χ1) is 16.9. The predicted octanol–water partition coefficient (Wildman–Crippen LogP) is 9.61. The van der Waals surface area contributed by atoms with E-state index in [1.54, 1.807) is 0 Å². The lowest BCUT2D eigenvalue weighted by Gasteiger charge is -1.91. The van der Waals surface area contributed by atoms with E-state index >= 15 is 0 Å². The molecule has 0 N–H and O–H groups in total. The Morgan fingerprint density at radius 1 is 0.294 bits per heavy atom. The highest BCUT2D eigenvalue weighted by Gasteiger charge is 1.84. The smallest absolute Gasteiger partial charge is 0.0163 e. The highest BCUT2D eigenvalue weighted by molar-refractivity contribution is 5.53. The van der Waals surface area contributed by atoms with Crippen molar-refractivity contribution >= 4 is 24.3 Å². The van der Waals surface area contributed by atoms with Gasteiger partial charge in [-0.15, -0.1) is 0 Å². The standard InChI is InChI=1S/2C17H16/c2*1-4-10-16(11-5-1)14-8-3-9-15-17-12-6-2-7-13-17/h2*1-2,4-15H,3H2/b2*14-8+,15-9?. The van der Waals surface area contributed by atoms with Crippen LogP contribution in [0, 0.1) is 0 Å². The Bertz CT molecular complexity index is 958. The van der Waals surface area contributed by atoms with E-state index in [0.717, 1.165) is 12.8 Å². The van der Waals surface area contributed by atoms with Crippen molar-refractivity contribution < 1.29 is 0 Å². The van der Waals surface area contributed by atoms with Crippen LogP contribution in [0.2, 0.25) is 0 Å². The van der Waals surface area contributed by atoms with E-state index in [2.05, 4.69) is 146 Å². The van der Waals surface area contributed by atoms with Gasteiger partial charge in [0, 0.05) is 0 Å². The molecule has 0 aliphatic rings. The molecule has 0 bridgehead atoms. The van der Waals surface area contributed by atoms with Crippen LogP contribution >= 0.6 is 0 Å². The molecule has 0 fully saturated rings. The number of benzene rings is 4. The van der Waals surface area contributed by atoms with Crippen molar-refractivity contribution in [2.75, 3.05) is 0 Å². The quantitative estimate of drug-likeness (QED) is 0.256. The fourth-order valence-corrected chi connectivity index (χ4v) is 3.23. The third-order valence-electron chi connectivity index (χ3n) is 4.98. The molecule has 0 nitrogen and oxygen atoms in total. The van der Waals surface area contributed by atoms with Crippen LogP contribution in [-0.2, 0) is 0 Å². The average molecular weight is 441 g/mol. The molecular weight excluding hydrogens is 408 g/mol. The lowest BCUT2D eigenvalue weighted by molar-refractivity contribution is 1.42. The molecule has 0 amide bonds. The molecule has 0 aliphatic carbocycles. The number of rotatable bonds is 8. The molecule has 4 aromatic rings. The summed E-state index contributed by atoms with van der Waals surface area (Å²) in [5.41, 5.74) is 5.00. The predicted molar refractivity (Wildman–Crippen MR) is 151 cm³/mol. The normalized spacial score (nSPS) is 11.3. The second-order valence-corrected chi connectivity index (χ2v) is 7.72. The fourth-order valence-electron chi connectivity index (χ4n) is 3.23. The Hall–Kier alpha value is -4.16. The van der Waals surface area contributed by atoms with Crippen LogP contribution < -0.4 is 0 Å². The largest absolute Gasteiger partial charge is 0.0801 e. The first kappa shape index (κ1) is 24.5. The van der Waals surface area contributed by atoms with Gasteiger partial charge < -0.3 is 0 Å². The number of hydrogen-bond acceptors (Lipinski definition) is 0. The average Bonchev–Trinajstić information content (AvgIpc) is 2.91. The van der Waals surface area contributed by atoms with Crippen molar-refractivity contribution in [3.8, 4) is 0 Å². The third kappa shape index (κ3) is 10.4. The zero-order valence-electron chi connectivity index (χ0n) is 19.6. The summed E-state index contributed by atoms with van der Waals surface area (Å²) in [6.45, 7) is 0. The Labute approximate surface area is 204 Å². The van der Waals surface area contributed by atoms with Crippen LogP contribution in [0.15, 0.2) is 146 Å². The Balaban J connectivity index is 0.000000191. The van der Waals surface area contributed by atoms with Crippen molar-refractivity contribution in [1.29, 1.82) is 0 Å². The van der Waals surface area contributed by atoms with Crippen molar-refractivity contribution in [1.82, 2.24) is 0 Å². The zero-order valence-corrected chi connectivity index (χ0v) is 19.6. The summed E-state index contributed by atoms with van der Waals surface area (Å²) in [4.78, 5) is 0. The van der Waals surface area contributed by atoms with Crippen LogP contribution in [0.25, 0.3) is 24.3 Å².